The third-order valence-corrected chi connectivity index (χ3v) is 4.52. The summed E-state index contributed by atoms with van der Waals surface area (Å²) < 4.78 is 24.6. The van der Waals surface area contributed by atoms with E-state index in [1.165, 1.54) is 6.33 Å². The van der Waals surface area contributed by atoms with Crippen LogP contribution in [-0.4, -0.2) is 46.2 Å². The zero-order chi connectivity index (χ0) is 13.9. The van der Waals surface area contributed by atoms with E-state index < -0.39 is 9.84 Å². The summed E-state index contributed by atoms with van der Waals surface area (Å²) in [6, 6.07) is 0. The van der Waals surface area contributed by atoms with Gasteiger partial charge in [-0.15, -0.1) is 0 Å². The molecule has 0 amide bonds. The first-order chi connectivity index (χ1) is 9.07. The van der Waals surface area contributed by atoms with Crippen LogP contribution in [0.2, 0.25) is 0 Å². The van der Waals surface area contributed by atoms with Gasteiger partial charge in [-0.05, 0) is 6.92 Å². The predicted molar refractivity (Wildman–Crippen MR) is 73.8 cm³/mol. The number of aromatic nitrogens is 4. The molecule has 2 rings (SSSR count). The molecule has 0 aliphatic carbocycles. The van der Waals surface area contributed by atoms with Crippen LogP contribution in [0.15, 0.2) is 12.5 Å². The quantitative estimate of drug-likeness (QED) is 0.839. The van der Waals surface area contributed by atoms with Gasteiger partial charge in [-0.2, -0.15) is 5.10 Å². The molecule has 0 aliphatic rings. The van der Waals surface area contributed by atoms with E-state index in [1.54, 1.807) is 17.8 Å². The van der Waals surface area contributed by atoms with Gasteiger partial charge < -0.3 is 5.32 Å². The third kappa shape index (κ3) is 3.01. The molecule has 0 unspecified atom stereocenters. The van der Waals surface area contributed by atoms with Crippen molar-refractivity contribution in [2.75, 3.05) is 23.4 Å². The van der Waals surface area contributed by atoms with E-state index in [-0.39, 0.29) is 11.5 Å². The Hall–Kier alpha value is -1.70. The molecule has 0 fully saturated rings. The number of fused-ring (bicyclic) bond motifs is 1. The van der Waals surface area contributed by atoms with Crippen molar-refractivity contribution >= 4 is 26.7 Å². The molecule has 2 heterocycles. The minimum atomic E-state index is -3.00. The molecule has 19 heavy (non-hydrogen) atoms. The molecule has 0 aromatic carbocycles. The van der Waals surface area contributed by atoms with E-state index in [9.17, 15) is 8.42 Å². The second-order valence-electron chi connectivity index (χ2n) is 4.09. The first-order valence-electron chi connectivity index (χ1n) is 6.18. The number of rotatable bonds is 6. The molecule has 0 saturated carbocycles. The van der Waals surface area contributed by atoms with Crippen molar-refractivity contribution in [3.8, 4) is 0 Å². The highest BCUT2D eigenvalue weighted by atomic mass is 32.2. The standard InChI is InChI=1S/C11H17N5O2S/c1-3-12-10-9-7-15-16(11(9)14-8-13-10)5-6-19(17,18)4-2/h7-8H,3-6H2,1-2H3,(H,12,13,14). The molecule has 2 aromatic heterocycles. The van der Waals surface area contributed by atoms with Gasteiger partial charge in [-0.1, -0.05) is 6.92 Å². The Bertz CT molecular complexity index is 665. The molecule has 0 spiro atoms. The lowest BCUT2D eigenvalue weighted by atomic mass is 10.4. The third-order valence-electron chi connectivity index (χ3n) is 2.83. The van der Waals surface area contributed by atoms with Crippen LogP contribution in [0.4, 0.5) is 5.82 Å². The lowest BCUT2D eigenvalue weighted by molar-refractivity contribution is 0.584. The second kappa shape index (κ2) is 5.52. The molecular formula is C11H17N5O2S. The van der Waals surface area contributed by atoms with E-state index in [0.717, 1.165) is 17.7 Å². The van der Waals surface area contributed by atoms with E-state index in [2.05, 4.69) is 20.4 Å². The molecule has 1 N–H and O–H groups in total. The zero-order valence-corrected chi connectivity index (χ0v) is 11.8. The molecule has 0 radical (unpaired) electrons. The van der Waals surface area contributed by atoms with Gasteiger partial charge in [0.2, 0.25) is 0 Å². The first kappa shape index (κ1) is 13.7. The van der Waals surface area contributed by atoms with Crippen molar-refractivity contribution in [3.63, 3.8) is 0 Å². The van der Waals surface area contributed by atoms with Crippen molar-refractivity contribution in [2.24, 2.45) is 0 Å². The Labute approximate surface area is 112 Å². The topological polar surface area (TPSA) is 89.8 Å². The average molecular weight is 283 g/mol. The minimum Gasteiger partial charge on any atom is -0.370 e. The molecule has 0 bridgehead atoms. The molecule has 7 nitrogen and oxygen atoms in total. The van der Waals surface area contributed by atoms with Crippen LogP contribution >= 0.6 is 0 Å². The first-order valence-corrected chi connectivity index (χ1v) is 8.00. The number of sulfone groups is 1. The van der Waals surface area contributed by atoms with Crippen molar-refractivity contribution in [2.45, 2.75) is 20.4 Å². The highest BCUT2D eigenvalue weighted by molar-refractivity contribution is 7.91. The zero-order valence-electron chi connectivity index (χ0n) is 11.0. The average Bonchev–Trinajstić information content (AvgIpc) is 2.81. The SMILES string of the molecule is CCNc1ncnc2c1cnn2CCS(=O)(=O)CC. The Morgan fingerprint density at radius 3 is 2.79 bits per heavy atom. The van der Waals surface area contributed by atoms with Crippen molar-refractivity contribution in [3.05, 3.63) is 12.5 Å². The predicted octanol–water partition coefficient (Wildman–Crippen LogP) is 0.693. The normalized spacial score (nSPS) is 11.9. The maximum Gasteiger partial charge on any atom is 0.163 e. The fourth-order valence-corrected chi connectivity index (χ4v) is 2.47. The molecule has 0 saturated heterocycles. The number of hydrogen-bond donors (Lipinski definition) is 1. The second-order valence-corrected chi connectivity index (χ2v) is 6.57. The largest absolute Gasteiger partial charge is 0.370 e. The van der Waals surface area contributed by atoms with Gasteiger partial charge in [0.25, 0.3) is 0 Å². The fourth-order valence-electron chi connectivity index (χ4n) is 1.73. The van der Waals surface area contributed by atoms with Crippen LogP contribution in [0, 0.1) is 0 Å². The smallest absolute Gasteiger partial charge is 0.163 e. The van der Waals surface area contributed by atoms with Gasteiger partial charge in [0, 0.05) is 12.3 Å². The summed E-state index contributed by atoms with van der Waals surface area (Å²) in [7, 11) is -3.00. The van der Waals surface area contributed by atoms with Crippen LogP contribution in [-0.2, 0) is 16.4 Å². The molecule has 2 aromatic rings. The van der Waals surface area contributed by atoms with Gasteiger partial charge in [0.15, 0.2) is 15.5 Å². The number of nitrogens with one attached hydrogen (secondary N) is 1. The summed E-state index contributed by atoms with van der Waals surface area (Å²) >= 11 is 0. The number of aryl methyl sites for hydroxylation is 1. The van der Waals surface area contributed by atoms with E-state index in [0.29, 0.717) is 12.2 Å². The fraction of sp³-hybridized carbons (Fsp3) is 0.545. The summed E-state index contributed by atoms with van der Waals surface area (Å²) in [5.74, 6) is 0.932. The summed E-state index contributed by atoms with van der Waals surface area (Å²) in [6.45, 7) is 4.68. The molecule has 0 atom stereocenters. The van der Waals surface area contributed by atoms with Gasteiger partial charge in [-0.25, -0.2) is 23.1 Å². The van der Waals surface area contributed by atoms with Gasteiger partial charge in [0.1, 0.15) is 12.1 Å². The van der Waals surface area contributed by atoms with Crippen LogP contribution in [0.25, 0.3) is 11.0 Å². The van der Waals surface area contributed by atoms with Crippen LogP contribution in [0.5, 0.6) is 0 Å². The lowest BCUT2D eigenvalue weighted by Crippen LogP contribution is -2.15. The molecule has 8 heteroatoms. The summed E-state index contributed by atoms with van der Waals surface area (Å²) in [5, 5.41) is 8.11. The van der Waals surface area contributed by atoms with Crippen molar-refractivity contribution in [1.29, 1.82) is 0 Å². The van der Waals surface area contributed by atoms with Crippen LogP contribution in [0.3, 0.4) is 0 Å². The van der Waals surface area contributed by atoms with Gasteiger partial charge >= 0.3 is 0 Å². The van der Waals surface area contributed by atoms with E-state index in [1.807, 2.05) is 6.92 Å². The highest BCUT2D eigenvalue weighted by Crippen LogP contribution is 2.18. The Balaban J connectivity index is 2.28. The van der Waals surface area contributed by atoms with E-state index >= 15 is 0 Å². The van der Waals surface area contributed by atoms with Crippen LogP contribution < -0.4 is 5.32 Å². The minimum absolute atomic E-state index is 0.0703. The maximum atomic E-state index is 11.5. The van der Waals surface area contributed by atoms with Gasteiger partial charge in [-0.3, -0.25) is 0 Å². The van der Waals surface area contributed by atoms with Crippen LogP contribution in [0.1, 0.15) is 13.8 Å². The monoisotopic (exact) mass is 283 g/mol. The summed E-state index contributed by atoms with van der Waals surface area (Å²) in [4.78, 5) is 8.31. The van der Waals surface area contributed by atoms with Crippen molar-refractivity contribution in [1.82, 2.24) is 19.7 Å². The maximum absolute atomic E-state index is 11.5. The Kier molecular flexibility index (Phi) is 3.98. The van der Waals surface area contributed by atoms with E-state index in [4.69, 9.17) is 0 Å². The molecule has 104 valence electrons. The summed E-state index contributed by atoms with van der Waals surface area (Å²) in [5.41, 5.74) is 0.650. The van der Waals surface area contributed by atoms with Gasteiger partial charge in [0.05, 0.1) is 23.9 Å². The molecule has 0 aliphatic heterocycles. The number of anilines is 1. The number of nitrogens with zero attached hydrogens (tertiary/aromatic N) is 4. The lowest BCUT2D eigenvalue weighted by Gasteiger charge is -2.05. The Morgan fingerprint density at radius 1 is 1.32 bits per heavy atom. The number of hydrogen-bond acceptors (Lipinski definition) is 6. The highest BCUT2D eigenvalue weighted by Gasteiger charge is 2.12. The van der Waals surface area contributed by atoms with Crippen molar-refractivity contribution < 1.29 is 8.42 Å². The molecular weight excluding hydrogens is 266 g/mol. The Morgan fingerprint density at radius 2 is 2.11 bits per heavy atom. The summed E-state index contributed by atoms with van der Waals surface area (Å²) in [6.07, 6.45) is 3.11.